The van der Waals surface area contributed by atoms with E-state index in [1.165, 1.54) is 83.5 Å². The highest BCUT2D eigenvalue weighted by Gasteiger charge is 2.30. The second kappa shape index (κ2) is 13.6. The molecule has 2 saturated carbocycles. The van der Waals surface area contributed by atoms with Gasteiger partial charge >= 0.3 is 0 Å². The van der Waals surface area contributed by atoms with Crippen molar-refractivity contribution >= 4 is 0 Å². The Labute approximate surface area is 195 Å². The van der Waals surface area contributed by atoms with Crippen molar-refractivity contribution in [3.8, 4) is 5.75 Å². The normalized spacial score (nSPS) is 26.2. The van der Waals surface area contributed by atoms with Crippen LogP contribution >= 0.6 is 0 Å². The van der Waals surface area contributed by atoms with Gasteiger partial charge in [0.05, 0.1) is 6.61 Å². The van der Waals surface area contributed by atoms with E-state index in [1.54, 1.807) is 19.1 Å². The SMILES string of the molecule is CCCCCC1CCC(C2CCC(CCCCc3ccc(OCC)c(F)c3F)CC2)CC1. The lowest BCUT2D eigenvalue weighted by atomic mass is 9.68. The fourth-order valence-electron chi connectivity index (χ4n) is 6.36. The number of ether oxygens (including phenoxy) is 1. The minimum Gasteiger partial charge on any atom is -0.491 e. The van der Waals surface area contributed by atoms with Gasteiger partial charge in [0, 0.05) is 0 Å². The Bertz CT molecular complexity index is 657. The zero-order chi connectivity index (χ0) is 22.8. The third kappa shape index (κ3) is 7.45. The first kappa shape index (κ1) is 25.5. The summed E-state index contributed by atoms with van der Waals surface area (Å²) in [6.07, 6.45) is 21.1. The standard InChI is InChI=1S/C29H46F2O/c1-3-5-6-9-22-12-16-24(17-13-22)25-18-14-23(15-19-25)10-7-8-11-26-20-21-27(32-4-2)29(31)28(26)30/h20-25H,3-19H2,1-2H3. The van der Waals surface area contributed by atoms with Crippen LogP contribution in [0, 0.1) is 35.3 Å². The summed E-state index contributed by atoms with van der Waals surface area (Å²) in [5.74, 6) is 2.30. The number of hydrogen-bond acceptors (Lipinski definition) is 1. The minimum absolute atomic E-state index is 0.0236. The van der Waals surface area contributed by atoms with Crippen molar-refractivity contribution in [3.63, 3.8) is 0 Å². The summed E-state index contributed by atoms with van der Waals surface area (Å²) in [5, 5.41) is 0. The van der Waals surface area contributed by atoms with Gasteiger partial charge < -0.3 is 4.74 Å². The van der Waals surface area contributed by atoms with Crippen LogP contribution in [-0.4, -0.2) is 6.61 Å². The molecule has 2 aliphatic carbocycles. The highest BCUT2D eigenvalue weighted by molar-refractivity contribution is 5.31. The minimum atomic E-state index is -0.835. The van der Waals surface area contributed by atoms with Crippen molar-refractivity contribution < 1.29 is 13.5 Å². The second-order valence-corrected chi connectivity index (χ2v) is 10.6. The van der Waals surface area contributed by atoms with Gasteiger partial charge in [0.1, 0.15) is 0 Å². The lowest BCUT2D eigenvalue weighted by Crippen LogP contribution is -2.25. The Morgan fingerprint density at radius 2 is 1.28 bits per heavy atom. The summed E-state index contributed by atoms with van der Waals surface area (Å²) in [7, 11) is 0. The molecular formula is C29H46F2O. The second-order valence-electron chi connectivity index (χ2n) is 10.6. The molecule has 0 atom stereocenters. The van der Waals surface area contributed by atoms with E-state index in [9.17, 15) is 8.78 Å². The molecule has 0 radical (unpaired) electrons. The summed E-state index contributed by atoms with van der Waals surface area (Å²) in [5.41, 5.74) is 0.486. The topological polar surface area (TPSA) is 9.23 Å². The maximum absolute atomic E-state index is 14.2. The molecule has 32 heavy (non-hydrogen) atoms. The Balaban J connectivity index is 1.30. The van der Waals surface area contributed by atoms with Crippen LogP contribution in [-0.2, 0) is 6.42 Å². The number of rotatable bonds is 12. The van der Waals surface area contributed by atoms with Crippen molar-refractivity contribution in [2.75, 3.05) is 6.61 Å². The van der Waals surface area contributed by atoms with Crippen molar-refractivity contribution in [1.82, 2.24) is 0 Å². The van der Waals surface area contributed by atoms with Crippen LogP contribution in [0.2, 0.25) is 0 Å². The van der Waals surface area contributed by atoms with Gasteiger partial charge in [0.2, 0.25) is 5.82 Å². The van der Waals surface area contributed by atoms with Gasteiger partial charge in [0.25, 0.3) is 0 Å². The van der Waals surface area contributed by atoms with Crippen LogP contribution in [0.4, 0.5) is 8.78 Å². The molecule has 0 unspecified atom stereocenters. The molecule has 0 aromatic heterocycles. The van der Waals surface area contributed by atoms with E-state index < -0.39 is 11.6 Å². The predicted molar refractivity (Wildman–Crippen MR) is 130 cm³/mol. The van der Waals surface area contributed by atoms with E-state index in [4.69, 9.17) is 4.74 Å². The van der Waals surface area contributed by atoms with Gasteiger partial charge in [-0.1, -0.05) is 77.2 Å². The molecule has 0 heterocycles. The molecular weight excluding hydrogens is 402 g/mol. The summed E-state index contributed by atoms with van der Waals surface area (Å²) >= 11 is 0. The number of hydrogen-bond donors (Lipinski definition) is 0. The quantitative estimate of drug-likeness (QED) is 0.289. The third-order valence-corrected chi connectivity index (χ3v) is 8.40. The molecule has 0 amide bonds. The van der Waals surface area contributed by atoms with E-state index in [0.29, 0.717) is 18.6 Å². The molecule has 2 fully saturated rings. The van der Waals surface area contributed by atoms with Gasteiger partial charge in [-0.3, -0.25) is 0 Å². The average Bonchev–Trinajstić information content (AvgIpc) is 2.82. The first-order valence-corrected chi connectivity index (χ1v) is 13.7. The zero-order valence-electron chi connectivity index (χ0n) is 20.6. The van der Waals surface area contributed by atoms with Crippen LogP contribution in [0.1, 0.15) is 116 Å². The predicted octanol–water partition coefficient (Wildman–Crippen LogP) is 9.27. The average molecular weight is 449 g/mol. The molecule has 0 bridgehead atoms. The Morgan fingerprint density at radius 3 is 1.81 bits per heavy atom. The van der Waals surface area contributed by atoms with Gasteiger partial charge in [0.15, 0.2) is 11.6 Å². The zero-order valence-corrected chi connectivity index (χ0v) is 20.6. The number of aryl methyl sites for hydroxylation is 1. The van der Waals surface area contributed by atoms with Gasteiger partial charge in [-0.25, -0.2) is 4.39 Å². The van der Waals surface area contributed by atoms with Gasteiger partial charge in [-0.05, 0) is 80.8 Å². The van der Waals surface area contributed by atoms with Crippen LogP contribution in [0.15, 0.2) is 12.1 Å². The Morgan fingerprint density at radius 1 is 0.719 bits per heavy atom. The maximum atomic E-state index is 14.2. The Hall–Kier alpha value is -1.12. The van der Waals surface area contributed by atoms with E-state index in [1.807, 2.05) is 0 Å². The highest BCUT2D eigenvalue weighted by Crippen LogP contribution is 2.43. The summed E-state index contributed by atoms with van der Waals surface area (Å²) in [6, 6.07) is 3.25. The molecule has 1 nitrogen and oxygen atoms in total. The van der Waals surface area contributed by atoms with Crippen molar-refractivity contribution in [3.05, 3.63) is 29.3 Å². The summed E-state index contributed by atoms with van der Waals surface area (Å²) < 4.78 is 33.4. The van der Waals surface area contributed by atoms with Crippen LogP contribution in [0.5, 0.6) is 5.75 Å². The third-order valence-electron chi connectivity index (χ3n) is 8.40. The van der Waals surface area contributed by atoms with E-state index >= 15 is 0 Å². The number of benzene rings is 1. The lowest BCUT2D eigenvalue weighted by molar-refractivity contribution is 0.139. The number of unbranched alkanes of at least 4 members (excludes halogenated alkanes) is 3. The highest BCUT2D eigenvalue weighted by atomic mass is 19.2. The molecule has 1 aromatic carbocycles. The maximum Gasteiger partial charge on any atom is 0.200 e. The van der Waals surface area contributed by atoms with Crippen molar-refractivity contribution in [2.45, 2.75) is 117 Å². The van der Waals surface area contributed by atoms with E-state index in [0.717, 1.165) is 36.5 Å². The monoisotopic (exact) mass is 448 g/mol. The molecule has 3 rings (SSSR count). The van der Waals surface area contributed by atoms with E-state index in [-0.39, 0.29) is 5.75 Å². The van der Waals surface area contributed by atoms with Crippen LogP contribution in [0.3, 0.4) is 0 Å². The summed E-state index contributed by atoms with van der Waals surface area (Å²) in [4.78, 5) is 0. The fraction of sp³-hybridized carbons (Fsp3) is 0.793. The smallest absolute Gasteiger partial charge is 0.200 e. The lowest BCUT2D eigenvalue weighted by Gasteiger charge is -2.38. The van der Waals surface area contributed by atoms with E-state index in [2.05, 4.69) is 6.92 Å². The first-order chi connectivity index (χ1) is 15.6. The van der Waals surface area contributed by atoms with Crippen molar-refractivity contribution in [1.29, 1.82) is 0 Å². The van der Waals surface area contributed by atoms with Crippen LogP contribution < -0.4 is 4.74 Å². The molecule has 3 heteroatoms. The van der Waals surface area contributed by atoms with Gasteiger partial charge in [-0.15, -0.1) is 0 Å². The molecule has 0 N–H and O–H groups in total. The summed E-state index contributed by atoms with van der Waals surface area (Å²) in [6.45, 7) is 4.42. The fourth-order valence-corrected chi connectivity index (χ4v) is 6.36. The molecule has 2 aliphatic rings. The molecule has 1 aromatic rings. The molecule has 0 aliphatic heterocycles. The van der Waals surface area contributed by atoms with Crippen molar-refractivity contribution in [2.24, 2.45) is 23.7 Å². The molecule has 0 saturated heterocycles. The molecule has 182 valence electrons. The first-order valence-electron chi connectivity index (χ1n) is 13.7. The number of halogens is 2. The molecule has 0 spiro atoms. The van der Waals surface area contributed by atoms with Crippen LogP contribution in [0.25, 0.3) is 0 Å². The Kier molecular flexibility index (Phi) is 10.8. The van der Waals surface area contributed by atoms with Gasteiger partial charge in [-0.2, -0.15) is 4.39 Å². The largest absolute Gasteiger partial charge is 0.491 e.